The summed E-state index contributed by atoms with van der Waals surface area (Å²) in [6, 6.07) is 51.1. The molecule has 0 spiro atoms. The number of thiophene rings is 1. The number of rotatable bonds is 3. The molecule has 1 aromatic heterocycles. The first-order valence-electron chi connectivity index (χ1n) is 14.2. The van der Waals surface area contributed by atoms with Gasteiger partial charge in [0.25, 0.3) is 0 Å². The van der Waals surface area contributed by atoms with E-state index in [0.29, 0.717) is 0 Å². The Bertz CT molecular complexity index is 2070. The lowest BCUT2D eigenvalue weighted by Gasteiger charge is -2.42. The van der Waals surface area contributed by atoms with Gasteiger partial charge < -0.3 is 4.90 Å². The van der Waals surface area contributed by atoms with Gasteiger partial charge in [-0.2, -0.15) is 0 Å². The van der Waals surface area contributed by atoms with Crippen molar-refractivity contribution in [3.63, 3.8) is 0 Å². The van der Waals surface area contributed by atoms with Crippen molar-refractivity contribution < 1.29 is 0 Å². The number of nitrogens with zero attached hydrogens (tertiary/aromatic N) is 1. The summed E-state index contributed by atoms with van der Waals surface area (Å²) in [5, 5.41) is 2.68. The van der Waals surface area contributed by atoms with Gasteiger partial charge >= 0.3 is 0 Å². The van der Waals surface area contributed by atoms with Crippen LogP contribution in [0.15, 0.2) is 140 Å². The molecule has 0 atom stereocenters. The van der Waals surface area contributed by atoms with Crippen LogP contribution >= 0.6 is 11.3 Å². The minimum absolute atomic E-state index is 0.142. The van der Waals surface area contributed by atoms with Crippen molar-refractivity contribution in [3.05, 3.63) is 151 Å². The molecule has 8 rings (SSSR count). The van der Waals surface area contributed by atoms with E-state index in [9.17, 15) is 0 Å². The van der Waals surface area contributed by atoms with Crippen molar-refractivity contribution in [2.45, 2.75) is 19.3 Å². The maximum absolute atomic E-state index is 2.44. The highest BCUT2D eigenvalue weighted by atomic mass is 32.1. The van der Waals surface area contributed by atoms with Crippen molar-refractivity contribution in [2.75, 3.05) is 4.90 Å². The molecule has 1 nitrogen and oxygen atoms in total. The van der Waals surface area contributed by atoms with Gasteiger partial charge in [-0.1, -0.05) is 117 Å². The Balaban J connectivity index is 1.30. The van der Waals surface area contributed by atoms with Crippen LogP contribution in [-0.2, 0) is 5.41 Å². The summed E-state index contributed by atoms with van der Waals surface area (Å²) in [5.74, 6) is 0. The van der Waals surface area contributed by atoms with Gasteiger partial charge in [-0.3, -0.25) is 0 Å². The van der Waals surface area contributed by atoms with E-state index in [4.69, 9.17) is 0 Å². The van der Waals surface area contributed by atoms with Gasteiger partial charge in [-0.05, 0) is 69.8 Å². The van der Waals surface area contributed by atoms with Gasteiger partial charge in [0.15, 0.2) is 0 Å². The molecule has 1 aliphatic heterocycles. The third-order valence-corrected chi connectivity index (χ3v) is 9.90. The van der Waals surface area contributed by atoms with Crippen LogP contribution in [0.25, 0.3) is 42.4 Å². The predicted molar refractivity (Wildman–Crippen MR) is 177 cm³/mol. The fourth-order valence-electron chi connectivity index (χ4n) is 6.56. The first-order valence-corrected chi connectivity index (χ1v) is 15.0. The second-order valence-corrected chi connectivity index (χ2v) is 12.5. The molecule has 7 aromatic rings. The number of hydrogen-bond donors (Lipinski definition) is 0. The minimum atomic E-state index is -0.142. The van der Waals surface area contributed by atoms with Crippen LogP contribution in [0.5, 0.6) is 0 Å². The maximum Gasteiger partial charge on any atom is 0.0503 e. The van der Waals surface area contributed by atoms with E-state index < -0.39 is 0 Å². The highest BCUT2D eigenvalue weighted by molar-refractivity contribution is 7.26. The van der Waals surface area contributed by atoms with Crippen LogP contribution in [0.4, 0.5) is 17.1 Å². The van der Waals surface area contributed by atoms with E-state index in [0.717, 1.165) is 0 Å². The summed E-state index contributed by atoms with van der Waals surface area (Å²) in [4.78, 5) is 2.44. The summed E-state index contributed by atoms with van der Waals surface area (Å²) in [6.07, 6.45) is 0. The van der Waals surface area contributed by atoms with Gasteiger partial charge in [0, 0.05) is 31.3 Å². The standard InChI is InChI=1S/C39H29NS/c1-39(2)33-16-7-8-17-35(33)40(29-22-19-27(20-23-29)26-11-4-3-5-12-26)36-24-21-28(25-34(36)39)30-14-10-15-32-31-13-6-9-18-37(31)41-38(30)32/h3-25H,1-2H3. The van der Waals surface area contributed by atoms with Gasteiger partial charge in [-0.15, -0.1) is 11.3 Å². The second kappa shape index (κ2) is 9.19. The minimum Gasteiger partial charge on any atom is -0.310 e. The molecule has 2 heteroatoms. The van der Waals surface area contributed by atoms with Crippen molar-refractivity contribution >= 4 is 48.6 Å². The average Bonchev–Trinajstić information content (AvgIpc) is 3.41. The molecule has 0 aliphatic carbocycles. The maximum atomic E-state index is 2.44. The van der Waals surface area contributed by atoms with Crippen molar-refractivity contribution in [3.8, 4) is 22.3 Å². The predicted octanol–water partition coefficient (Wildman–Crippen LogP) is 11.5. The molecule has 196 valence electrons. The number of benzene rings is 6. The van der Waals surface area contributed by atoms with Crippen LogP contribution in [0.2, 0.25) is 0 Å². The fraction of sp³-hybridized carbons (Fsp3) is 0.0769. The Morgan fingerprint density at radius 2 is 1.17 bits per heavy atom. The third kappa shape index (κ3) is 3.75. The molecule has 0 saturated carbocycles. The second-order valence-electron chi connectivity index (χ2n) is 11.4. The van der Waals surface area contributed by atoms with E-state index in [2.05, 4.69) is 158 Å². The summed E-state index contributed by atoms with van der Waals surface area (Å²) in [5.41, 5.74) is 11.3. The number of anilines is 3. The van der Waals surface area contributed by atoms with Gasteiger partial charge in [0.1, 0.15) is 0 Å². The topological polar surface area (TPSA) is 3.24 Å². The summed E-state index contributed by atoms with van der Waals surface area (Å²) < 4.78 is 2.70. The first-order chi connectivity index (χ1) is 20.1. The molecule has 0 fully saturated rings. The number of hydrogen-bond acceptors (Lipinski definition) is 2. The molecular formula is C39H29NS. The molecule has 41 heavy (non-hydrogen) atoms. The normalized spacial score (nSPS) is 13.8. The molecule has 0 radical (unpaired) electrons. The first kappa shape index (κ1) is 24.2. The van der Waals surface area contributed by atoms with Gasteiger partial charge in [-0.25, -0.2) is 0 Å². The summed E-state index contributed by atoms with van der Waals surface area (Å²) in [7, 11) is 0. The van der Waals surface area contributed by atoms with Crippen LogP contribution in [0, 0.1) is 0 Å². The van der Waals surface area contributed by atoms with Crippen LogP contribution in [-0.4, -0.2) is 0 Å². The summed E-state index contributed by atoms with van der Waals surface area (Å²) in [6.45, 7) is 4.73. The van der Waals surface area contributed by atoms with E-state index >= 15 is 0 Å². The Morgan fingerprint density at radius 1 is 0.512 bits per heavy atom. The lowest BCUT2D eigenvalue weighted by atomic mass is 9.73. The lowest BCUT2D eigenvalue weighted by Crippen LogP contribution is -2.30. The Hall–Kier alpha value is -4.66. The monoisotopic (exact) mass is 543 g/mol. The summed E-state index contributed by atoms with van der Waals surface area (Å²) >= 11 is 1.90. The Kier molecular flexibility index (Phi) is 5.42. The molecule has 0 saturated heterocycles. The molecule has 0 bridgehead atoms. The Labute approximate surface area is 245 Å². The zero-order chi connectivity index (χ0) is 27.6. The average molecular weight is 544 g/mol. The van der Waals surface area contributed by atoms with Crippen molar-refractivity contribution in [1.82, 2.24) is 0 Å². The largest absolute Gasteiger partial charge is 0.310 e. The highest BCUT2D eigenvalue weighted by Crippen LogP contribution is 2.53. The van der Waals surface area contributed by atoms with E-state index in [1.807, 2.05) is 11.3 Å². The molecular weight excluding hydrogens is 515 g/mol. The fourth-order valence-corrected chi connectivity index (χ4v) is 7.80. The zero-order valence-corrected chi connectivity index (χ0v) is 24.0. The molecule has 2 heterocycles. The Morgan fingerprint density at radius 3 is 2.02 bits per heavy atom. The van der Waals surface area contributed by atoms with E-state index in [1.54, 1.807) is 0 Å². The molecule has 0 amide bonds. The van der Waals surface area contributed by atoms with E-state index in [-0.39, 0.29) is 5.41 Å². The molecule has 1 aliphatic rings. The zero-order valence-electron chi connectivity index (χ0n) is 23.1. The molecule has 0 N–H and O–H groups in total. The molecule has 6 aromatic carbocycles. The van der Waals surface area contributed by atoms with Crippen molar-refractivity contribution in [2.24, 2.45) is 0 Å². The highest BCUT2D eigenvalue weighted by Gasteiger charge is 2.37. The van der Waals surface area contributed by atoms with Crippen LogP contribution < -0.4 is 4.90 Å². The van der Waals surface area contributed by atoms with Gasteiger partial charge in [0.05, 0.1) is 11.4 Å². The number of para-hydroxylation sites is 1. The number of fused-ring (bicyclic) bond motifs is 5. The quantitative estimate of drug-likeness (QED) is 0.214. The lowest BCUT2D eigenvalue weighted by molar-refractivity contribution is 0.632. The van der Waals surface area contributed by atoms with Crippen LogP contribution in [0.3, 0.4) is 0 Å². The smallest absolute Gasteiger partial charge is 0.0503 e. The van der Waals surface area contributed by atoms with Gasteiger partial charge in [0.2, 0.25) is 0 Å². The third-order valence-electron chi connectivity index (χ3n) is 8.68. The SMILES string of the molecule is CC1(C)c2ccccc2N(c2ccc(-c3ccccc3)cc2)c2ccc(-c3cccc4c3sc3ccccc34)cc21. The van der Waals surface area contributed by atoms with E-state index in [1.165, 1.54) is 70.6 Å². The van der Waals surface area contributed by atoms with Crippen molar-refractivity contribution in [1.29, 1.82) is 0 Å². The molecule has 0 unspecified atom stereocenters. The van der Waals surface area contributed by atoms with Crippen LogP contribution in [0.1, 0.15) is 25.0 Å².